The summed E-state index contributed by atoms with van der Waals surface area (Å²) in [6, 6.07) is 1.52. The number of hydrogen-bond acceptors (Lipinski definition) is 3. The lowest BCUT2D eigenvalue weighted by atomic mass is 9.89. The summed E-state index contributed by atoms with van der Waals surface area (Å²) in [5.74, 6) is 0.421. The first-order valence-electron chi connectivity index (χ1n) is 6.07. The van der Waals surface area contributed by atoms with E-state index in [-0.39, 0.29) is 5.56 Å². The summed E-state index contributed by atoms with van der Waals surface area (Å²) in [4.78, 5) is 10.7. The highest BCUT2D eigenvalue weighted by Gasteiger charge is 2.19. The molecule has 0 amide bonds. The first-order valence-corrected chi connectivity index (χ1v) is 6.07. The van der Waals surface area contributed by atoms with Crippen LogP contribution in [0.25, 0.3) is 0 Å². The van der Waals surface area contributed by atoms with Crippen LogP contribution in [-0.2, 0) is 11.3 Å². The molecule has 0 aliphatic heterocycles. The second kappa shape index (κ2) is 5.36. The van der Waals surface area contributed by atoms with E-state index in [1.165, 1.54) is 25.2 Å². The van der Waals surface area contributed by atoms with E-state index in [9.17, 15) is 4.79 Å². The van der Waals surface area contributed by atoms with E-state index in [1.54, 1.807) is 0 Å². The third-order valence-electron chi connectivity index (χ3n) is 3.32. The fourth-order valence-corrected chi connectivity index (χ4v) is 2.16. The van der Waals surface area contributed by atoms with E-state index in [1.807, 2.05) is 0 Å². The Morgan fingerprint density at radius 1 is 1.47 bits per heavy atom. The Morgan fingerprint density at radius 3 is 2.76 bits per heavy atom. The second-order valence-electron chi connectivity index (χ2n) is 4.80. The monoisotopic (exact) mass is 238 g/mol. The average Bonchev–Trinajstić information content (AvgIpc) is 2.77. The fourth-order valence-electron chi connectivity index (χ4n) is 2.16. The molecule has 1 aromatic heterocycles. The quantitative estimate of drug-likeness (QED) is 0.875. The smallest absolute Gasteiger partial charge is 0.338 e. The molecular formula is C13H18O4. The van der Waals surface area contributed by atoms with Crippen LogP contribution in [0.5, 0.6) is 0 Å². The van der Waals surface area contributed by atoms with E-state index < -0.39 is 5.97 Å². The van der Waals surface area contributed by atoms with E-state index in [0.717, 1.165) is 18.8 Å². The molecule has 1 aliphatic carbocycles. The van der Waals surface area contributed by atoms with Gasteiger partial charge in [-0.2, -0.15) is 0 Å². The number of furan rings is 1. The predicted octanol–water partition coefficient (Wildman–Crippen LogP) is 3.07. The Hall–Kier alpha value is -1.29. The van der Waals surface area contributed by atoms with Gasteiger partial charge in [-0.25, -0.2) is 4.79 Å². The standard InChI is InChI=1S/C13H18O4/c1-9-2-4-11(5-3-9)17-8-12-6-10(7-16-12)13(14)15/h6-7,9,11H,2-5,8H2,1H3,(H,14,15). The van der Waals surface area contributed by atoms with Crippen molar-refractivity contribution in [3.8, 4) is 0 Å². The summed E-state index contributed by atoms with van der Waals surface area (Å²) >= 11 is 0. The van der Waals surface area contributed by atoms with Gasteiger partial charge in [-0.05, 0) is 37.7 Å². The highest BCUT2D eigenvalue weighted by molar-refractivity contribution is 5.87. The second-order valence-corrected chi connectivity index (χ2v) is 4.80. The van der Waals surface area contributed by atoms with Crippen LogP contribution in [-0.4, -0.2) is 17.2 Å². The van der Waals surface area contributed by atoms with Crippen molar-refractivity contribution in [1.29, 1.82) is 0 Å². The Labute approximate surface area is 101 Å². The van der Waals surface area contributed by atoms with Crippen molar-refractivity contribution in [3.63, 3.8) is 0 Å². The molecule has 0 bridgehead atoms. The number of carboxylic acid groups (broad SMARTS) is 1. The molecule has 1 fully saturated rings. The summed E-state index contributed by atoms with van der Waals surface area (Å²) in [6.45, 7) is 2.63. The summed E-state index contributed by atoms with van der Waals surface area (Å²) < 4.78 is 10.9. The summed E-state index contributed by atoms with van der Waals surface area (Å²) in [6.07, 6.45) is 6.15. The maximum atomic E-state index is 10.7. The normalized spacial score (nSPS) is 24.8. The van der Waals surface area contributed by atoms with Crippen molar-refractivity contribution in [2.24, 2.45) is 5.92 Å². The van der Waals surface area contributed by atoms with Gasteiger partial charge in [0.2, 0.25) is 0 Å². The van der Waals surface area contributed by atoms with Crippen molar-refractivity contribution in [1.82, 2.24) is 0 Å². The molecule has 1 heterocycles. The van der Waals surface area contributed by atoms with Crippen LogP contribution in [0.1, 0.15) is 48.7 Å². The van der Waals surface area contributed by atoms with Gasteiger partial charge in [0.15, 0.2) is 0 Å². The Morgan fingerprint density at radius 2 is 2.18 bits per heavy atom. The van der Waals surface area contributed by atoms with Crippen LogP contribution in [0.4, 0.5) is 0 Å². The van der Waals surface area contributed by atoms with Crippen molar-refractivity contribution in [3.05, 3.63) is 23.7 Å². The molecule has 1 saturated carbocycles. The first kappa shape index (κ1) is 12.2. The molecule has 1 aromatic rings. The predicted molar refractivity (Wildman–Crippen MR) is 61.9 cm³/mol. The lowest BCUT2D eigenvalue weighted by Crippen LogP contribution is -2.20. The Kier molecular flexibility index (Phi) is 3.84. The van der Waals surface area contributed by atoms with Crippen LogP contribution in [0.15, 0.2) is 16.7 Å². The van der Waals surface area contributed by atoms with Crippen LogP contribution in [0, 0.1) is 5.92 Å². The molecule has 2 rings (SSSR count). The number of hydrogen-bond donors (Lipinski definition) is 1. The molecule has 4 heteroatoms. The summed E-state index contributed by atoms with van der Waals surface area (Å²) in [5.41, 5.74) is 0.181. The molecule has 0 unspecified atom stereocenters. The van der Waals surface area contributed by atoms with Crippen LogP contribution in [0.3, 0.4) is 0 Å². The third-order valence-corrected chi connectivity index (χ3v) is 3.32. The zero-order chi connectivity index (χ0) is 12.3. The number of aromatic carboxylic acids is 1. The lowest BCUT2D eigenvalue weighted by Gasteiger charge is -2.25. The number of carboxylic acids is 1. The minimum atomic E-state index is -0.966. The zero-order valence-corrected chi connectivity index (χ0v) is 10.0. The summed E-state index contributed by atoms with van der Waals surface area (Å²) in [5, 5.41) is 8.74. The van der Waals surface area contributed by atoms with Gasteiger partial charge in [0.05, 0.1) is 11.7 Å². The topological polar surface area (TPSA) is 59.7 Å². The SMILES string of the molecule is CC1CCC(OCc2cc(C(=O)O)co2)CC1. The van der Waals surface area contributed by atoms with Crippen LogP contribution < -0.4 is 0 Å². The molecule has 1 aliphatic rings. The van der Waals surface area contributed by atoms with Gasteiger partial charge in [-0.15, -0.1) is 0 Å². The summed E-state index contributed by atoms with van der Waals surface area (Å²) in [7, 11) is 0. The molecule has 0 radical (unpaired) electrons. The van der Waals surface area contributed by atoms with E-state index in [4.69, 9.17) is 14.3 Å². The number of ether oxygens (including phenoxy) is 1. The molecular weight excluding hydrogens is 220 g/mol. The Bertz CT molecular complexity index is 375. The van der Waals surface area contributed by atoms with Crippen molar-refractivity contribution in [2.45, 2.75) is 45.3 Å². The highest BCUT2D eigenvalue weighted by Crippen LogP contribution is 2.26. The van der Waals surface area contributed by atoms with Crippen molar-refractivity contribution < 1.29 is 19.1 Å². The maximum Gasteiger partial charge on any atom is 0.338 e. The minimum Gasteiger partial charge on any atom is -0.478 e. The van der Waals surface area contributed by atoms with Gasteiger partial charge in [0, 0.05) is 0 Å². The number of rotatable bonds is 4. The molecule has 94 valence electrons. The van der Waals surface area contributed by atoms with Gasteiger partial charge in [-0.3, -0.25) is 0 Å². The van der Waals surface area contributed by atoms with Crippen molar-refractivity contribution >= 4 is 5.97 Å². The Balaban J connectivity index is 1.79. The maximum absolute atomic E-state index is 10.7. The zero-order valence-electron chi connectivity index (χ0n) is 10.0. The molecule has 4 nitrogen and oxygen atoms in total. The van der Waals surface area contributed by atoms with Gasteiger partial charge < -0.3 is 14.3 Å². The van der Waals surface area contributed by atoms with E-state index >= 15 is 0 Å². The first-order chi connectivity index (χ1) is 8.15. The van der Waals surface area contributed by atoms with E-state index in [0.29, 0.717) is 18.5 Å². The van der Waals surface area contributed by atoms with Crippen LogP contribution >= 0.6 is 0 Å². The van der Waals surface area contributed by atoms with Gasteiger partial charge in [0.25, 0.3) is 0 Å². The van der Waals surface area contributed by atoms with Gasteiger partial charge in [-0.1, -0.05) is 6.92 Å². The highest BCUT2D eigenvalue weighted by atomic mass is 16.5. The van der Waals surface area contributed by atoms with Gasteiger partial charge >= 0.3 is 5.97 Å². The largest absolute Gasteiger partial charge is 0.478 e. The fraction of sp³-hybridized carbons (Fsp3) is 0.615. The minimum absolute atomic E-state index is 0.181. The van der Waals surface area contributed by atoms with E-state index in [2.05, 4.69) is 6.92 Å². The van der Waals surface area contributed by atoms with Gasteiger partial charge in [0.1, 0.15) is 18.6 Å². The molecule has 0 spiro atoms. The number of carbonyl (C=O) groups is 1. The molecule has 0 saturated heterocycles. The molecule has 1 N–H and O–H groups in total. The molecule has 0 aromatic carbocycles. The van der Waals surface area contributed by atoms with Crippen LogP contribution in [0.2, 0.25) is 0 Å². The van der Waals surface area contributed by atoms with Crippen molar-refractivity contribution in [2.75, 3.05) is 0 Å². The molecule has 17 heavy (non-hydrogen) atoms. The lowest BCUT2D eigenvalue weighted by molar-refractivity contribution is 0.00127. The third kappa shape index (κ3) is 3.33. The average molecular weight is 238 g/mol. The molecule has 0 atom stereocenters.